The van der Waals surface area contributed by atoms with E-state index in [-0.39, 0.29) is 5.69 Å². The summed E-state index contributed by atoms with van der Waals surface area (Å²) in [6, 6.07) is 2.87. The van der Waals surface area contributed by atoms with Crippen molar-refractivity contribution in [2.24, 2.45) is 5.90 Å². The molecule has 1 atom stereocenters. The molecule has 20 heavy (non-hydrogen) atoms. The zero-order valence-electron chi connectivity index (χ0n) is 11.9. The van der Waals surface area contributed by atoms with Gasteiger partial charge in [0.2, 0.25) is 0 Å². The summed E-state index contributed by atoms with van der Waals surface area (Å²) < 4.78 is 10.7. The molecule has 1 unspecified atom stereocenters. The number of hydrogen-bond donors (Lipinski definition) is 1. The van der Waals surface area contributed by atoms with Crippen molar-refractivity contribution in [1.29, 1.82) is 0 Å². The van der Waals surface area contributed by atoms with E-state index in [2.05, 4.69) is 4.84 Å². The van der Waals surface area contributed by atoms with Gasteiger partial charge in [-0.25, -0.2) is 5.90 Å². The molecule has 1 aromatic rings. The topological polar surface area (TPSA) is 96.9 Å². The summed E-state index contributed by atoms with van der Waals surface area (Å²) in [6.07, 6.45) is 1.22. The molecule has 0 bridgehead atoms. The predicted octanol–water partition coefficient (Wildman–Crippen LogP) is 2.73. The van der Waals surface area contributed by atoms with Gasteiger partial charge in [0.25, 0.3) is 5.69 Å². The molecule has 0 saturated heterocycles. The summed E-state index contributed by atoms with van der Waals surface area (Å²) in [5.41, 5.74) is 0.243. The van der Waals surface area contributed by atoms with Crippen LogP contribution < -0.4 is 15.4 Å². The van der Waals surface area contributed by atoms with Gasteiger partial charge in [-0.2, -0.15) is 0 Å². The SMILES string of the molecule is CCCCOc1cc([N+](=O)[O-])c(C(C)ON)cc1OC. The van der Waals surface area contributed by atoms with E-state index in [9.17, 15) is 10.1 Å². The van der Waals surface area contributed by atoms with E-state index < -0.39 is 11.0 Å². The minimum absolute atomic E-state index is 0.102. The van der Waals surface area contributed by atoms with E-state index in [1.807, 2.05) is 6.92 Å². The molecule has 112 valence electrons. The Labute approximate surface area is 117 Å². The van der Waals surface area contributed by atoms with Crippen LogP contribution in [0, 0.1) is 10.1 Å². The highest BCUT2D eigenvalue weighted by Gasteiger charge is 2.23. The fourth-order valence-corrected chi connectivity index (χ4v) is 1.72. The molecule has 1 aromatic carbocycles. The van der Waals surface area contributed by atoms with Crippen molar-refractivity contribution in [1.82, 2.24) is 0 Å². The lowest BCUT2D eigenvalue weighted by molar-refractivity contribution is -0.386. The van der Waals surface area contributed by atoms with E-state index in [1.54, 1.807) is 6.92 Å². The summed E-state index contributed by atoms with van der Waals surface area (Å²) in [4.78, 5) is 15.3. The van der Waals surface area contributed by atoms with Gasteiger partial charge in [-0.05, 0) is 19.4 Å². The van der Waals surface area contributed by atoms with Crippen LogP contribution in [-0.2, 0) is 4.84 Å². The van der Waals surface area contributed by atoms with Crippen molar-refractivity contribution in [3.63, 3.8) is 0 Å². The number of nitrogens with two attached hydrogens (primary N) is 1. The van der Waals surface area contributed by atoms with E-state index in [4.69, 9.17) is 15.4 Å². The van der Waals surface area contributed by atoms with Crippen LogP contribution in [0.15, 0.2) is 12.1 Å². The minimum Gasteiger partial charge on any atom is -0.493 e. The molecule has 0 aliphatic carbocycles. The maximum Gasteiger partial charge on any atom is 0.279 e. The maximum absolute atomic E-state index is 11.1. The highest BCUT2D eigenvalue weighted by Crippen LogP contribution is 2.38. The summed E-state index contributed by atoms with van der Waals surface area (Å²) in [5, 5.41) is 11.1. The second kappa shape index (κ2) is 7.66. The average molecular weight is 284 g/mol. The van der Waals surface area contributed by atoms with Gasteiger partial charge in [-0.3, -0.25) is 15.0 Å². The monoisotopic (exact) mass is 284 g/mol. The molecule has 7 heteroatoms. The van der Waals surface area contributed by atoms with Gasteiger partial charge in [0, 0.05) is 0 Å². The smallest absolute Gasteiger partial charge is 0.279 e. The lowest BCUT2D eigenvalue weighted by Gasteiger charge is -2.15. The Balaban J connectivity index is 3.18. The van der Waals surface area contributed by atoms with Crippen LogP contribution in [-0.4, -0.2) is 18.6 Å². The Bertz CT molecular complexity index is 464. The zero-order valence-corrected chi connectivity index (χ0v) is 11.9. The van der Waals surface area contributed by atoms with Gasteiger partial charge >= 0.3 is 0 Å². The van der Waals surface area contributed by atoms with Gasteiger partial charge in [0.05, 0.1) is 30.3 Å². The van der Waals surface area contributed by atoms with Crippen LogP contribution in [0.4, 0.5) is 5.69 Å². The third-order valence-electron chi connectivity index (χ3n) is 2.91. The Kier molecular flexibility index (Phi) is 6.20. The average Bonchev–Trinajstić information content (AvgIpc) is 2.45. The quantitative estimate of drug-likeness (QED) is 0.448. The number of nitrogens with zero attached hydrogens (tertiary/aromatic N) is 1. The van der Waals surface area contributed by atoms with Crippen molar-refractivity contribution >= 4 is 5.69 Å². The van der Waals surface area contributed by atoms with Crippen LogP contribution in [0.3, 0.4) is 0 Å². The van der Waals surface area contributed by atoms with Crippen molar-refractivity contribution in [2.75, 3.05) is 13.7 Å². The first-order valence-electron chi connectivity index (χ1n) is 6.39. The fraction of sp³-hybridized carbons (Fsp3) is 0.538. The standard InChI is InChI=1S/C13H20N2O5/c1-4-5-6-19-13-8-11(15(16)17)10(9(2)20-14)7-12(13)18-3/h7-9H,4-6,14H2,1-3H3. The molecule has 7 nitrogen and oxygen atoms in total. The van der Waals surface area contributed by atoms with Crippen molar-refractivity contribution in [3.05, 3.63) is 27.8 Å². The molecule has 0 radical (unpaired) electrons. The Hall–Kier alpha value is -1.86. The number of nitro benzene ring substituents is 1. The lowest BCUT2D eigenvalue weighted by Crippen LogP contribution is -2.09. The molecule has 1 rings (SSSR count). The van der Waals surface area contributed by atoms with Crippen LogP contribution in [0.5, 0.6) is 11.5 Å². The second-order valence-corrected chi connectivity index (χ2v) is 4.30. The highest BCUT2D eigenvalue weighted by atomic mass is 16.6. The number of ether oxygens (including phenoxy) is 2. The van der Waals surface area contributed by atoms with Crippen molar-refractivity contribution in [3.8, 4) is 11.5 Å². The molecular formula is C13H20N2O5. The Morgan fingerprint density at radius 3 is 2.60 bits per heavy atom. The summed E-state index contributed by atoms with van der Waals surface area (Å²) in [5.74, 6) is 5.88. The Morgan fingerprint density at radius 2 is 2.10 bits per heavy atom. The maximum atomic E-state index is 11.1. The van der Waals surface area contributed by atoms with E-state index in [0.717, 1.165) is 12.8 Å². The molecular weight excluding hydrogens is 264 g/mol. The molecule has 0 aliphatic heterocycles. The predicted molar refractivity (Wildman–Crippen MR) is 73.7 cm³/mol. The number of rotatable bonds is 8. The van der Waals surface area contributed by atoms with E-state index in [0.29, 0.717) is 23.7 Å². The van der Waals surface area contributed by atoms with Crippen LogP contribution in [0.25, 0.3) is 0 Å². The van der Waals surface area contributed by atoms with Gasteiger partial charge in [0.1, 0.15) is 6.10 Å². The van der Waals surface area contributed by atoms with Crippen LogP contribution in [0.1, 0.15) is 38.4 Å². The lowest BCUT2D eigenvalue weighted by atomic mass is 10.1. The van der Waals surface area contributed by atoms with E-state index >= 15 is 0 Å². The molecule has 0 aliphatic rings. The van der Waals surface area contributed by atoms with Crippen LogP contribution >= 0.6 is 0 Å². The number of methoxy groups -OCH3 is 1. The summed E-state index contributed by atoms with van der Waals surface area (Å²) in [6.45, 7) is 4.14. The first-order chi connectivity index (χ1) is 9.54. The molecule has 0 fully saturated rings. The zero-order chi connectivity index (χ0) is 15.1. The number of unbranched alkanes of at least 4 members (excludes halogenated alkanes) is 1. The van der Waals surface area contributed by atoms with Crippen LogP contribution in [0.2, 0.25) is 0 Å². The van der Waals surface area contributed by atoms with Gasteiger partial charge < -0.3 is 9.47 Å². The summed E-state index contributed by atoms with van der Waals surface area (Å²) in [7, 11) is 1.48. The van der Waals surface area contributed by atoms with Gasteiger partial charge in [0.15, 0.2) is 11.5 Å². The fourth-order valence-electron chi connectivity index (χ4n) is 1.72. The highest BCUT2D eigenvalue weighted by molar-refractivity contribution is 5.55. The third-order valence-corrected chi connectivity index (χ3v) is 2.91. The second-order valence-electron chi connectivity index (χ2n) is 4.30. The number of nitro groups is 1. The largest absolute Gasteiger partial charge is 0.493 e. The molecule has 0 amide bonds. The summed E-state index contributed by atoms with van der Waals surface area (Å²) >= 11 is 0. The van der Waals surface area contributed by atoms with Gasteiger partial charge in [-0.1, -0.05) is 13.3 Å². The van der Waals surface area contributed by atoms with Crippen molar-refractivity contribution in [2.45, 2.75) is 32.8 Å². The third kappa shape index (κ3) is 3.82. The number of benzene rings is 1. The first-order valence-corrected chi connectivity index (χ1v) is 6.39. The minimum atomic E-state index is -0.617. The Morgan fingerprint density at radius 1 is 1.40 bits per heavy atom. The molecule has 0 aromatic heterocycles. The number of hydrogen-bond acceptors (Lipinski definition) is 6. The van der Waals surface area contributed by atoms with Gasteiger partial charge in [-0.15, -0.1) is 0 Å². The van der Waals surface area contributed by atoms with E-state index in [1.165, 1.54) is 19.2 Å². The molecule has 0 saturated carbocycles. The molecule has 2 N–H and O–H groups in total. The molecule has 0 spiro atoms. The first kappa shape index (κ1) is 16.2. The molecule has 0 heterocycles. The normalized spacial score (nSPS) is 12.0. The van der Waals surface area contributed by atoms with Crippen molar-refractivity contribution < 1.29 is 19.2 Å².